The van der Waals surface area contributed by atoms with Gasteiger partial charge >= 0.3 is 6.03 Å². The fraction of sp³-hybridized carbons (Fsp3) is 0.259. The number of urea groups is 1. The maximum atomic E-state index is 12.6. The molecule has 3 aromatic carbocycles. The number of aromatic nitrogens is 1. The topological polar surface area (TPSA) is 66.0 Å². The highest BCUT2D eigenvalue weighted by atomic mass is 32.1. The first-order valence-electron chi connectivity index (χ1n) is 11.1. The molecule has 0 saturated carbocycles. The highest BCUT2D eigenvalue weighted by Gasteiger charge is 2.23. The van der Waals surface area contributed by atoms with Gasteiger partial charge in [0.2, 0.25) is 0 Å². The maximum absolute atomic E-state index is 12.6. The monoisotopic (exact) mass is 458 g/mol. The van der Waals surface area contributed by atoms with Crippen molar-refractivity contribution in [2.24, 2.45) is 0 Å². The molecule has 1 aromatic heterocycles. The van der Waals surface area contributed by atoms with Crippen LogP contribution in [0.2, 0.25) is 0 Å². The van der Waals surface area contributed by atoms with E-state index in [0.717, 1.165) is 22.3 Å². The molecule has 0 fully saturated rings. The Kier molecular flexibility index (Phi) is 6.38. The summed E-state index contributed by atoms with van der Waals surface area (Å²) < 4.78 is 1.05. The Morgan fingerprint density at radius 1 is 0.970 bits per heavy atom. The van der Waals surface area contributed by atoms with Crippen molar-refractivity contribution in [1.82, 2.24) is 10.3 Å². The van der Waals surface area contributed by atoms with E-state index >= 15 is 0 Å². The van der Waals surface area contributed by atoms with Gasteiger partial charge in [0.15, 0.2) is 5.13 Å². The number of nitrogens with zero attached hydrogens (tertiary/aromatic N) is 1. The second-order valence-electron chi connectivity index (χ2n) is 9.02. The van der Waals surface area contributed by atoms with Gasteiger partial charge in [-0.25, -0.2) is 9.78 Å². The zero-order valence-electron chi connectivity index (χ0n) is 19.7. The average molecular weight is 459 g/mol. The Labute approximate surface area is 199 Å². The van der Waals surface area contributed by atoms with Crippen molar-refractivity contribution < 1.29 is 4.79 Å². The Balaban J connectivity index is 1.43. The number of aryl methyl sites for hydroxylation is 3. The zero-order valence-corrected chi connectivity index (χ0v) is 20.6. The van der Waals surface area contributed by atoms with Gasteiger partial charge in [-0.05, 0) is 69.0 Å². The van der Waals surface area contributed by atoms with Crippen molar-refractivity contribution in [3.63, 3.8) is 0 Å². The third kappa shape index (κ3) is 5.34. The van der Waals surface area contributed by atoms with Crippen LogP contribution in [0.3, 0.4) is 0 Å². The third-order valence-corrected chi connectivity index (χ3v) is 6.67. The molecule has 0 bridgehead atoms. The van der Waals surface area contributed by atoms with E-state index in [1.165, 1.54) is 39.3 Å². The van der Waals surface area contributed by atoms with Crippen LogP contribution in [0.5, 0.6) is 0 Å². The van der Waals surface area contributed by atoms with Crippen LogP contribution in [0.1, 0.15) is 41.7 Å². The molecule has 1 heterocycles. The number of hydrogen-bond acceptors (Lipinski definition) is 4. The molecule has 0 unspecified atom stereocenters. The van der Waals surface area contributed by atoms with Gasteiger partial charge in [-0.15, -0.1) is 0 Å². The Bertz CT molecular complexity index is 1270. The molecule has 0 aliphatic heterocycles. The van der Waals surface area contributed by atoms with Crippen LogP contribution in [-0.2, 0) is 12.1 Å². The van der Waals surface area contributed by atoms with E-state index in [1.807, 2.05) is 50.2 Å². The Morgan fingerprint density at radius 3 is 2.36 bits per heavy atom. The summed E-state index contributed by atoms with van der Waals surface area (Å²) in [5, 5.41) is 10.1. The molecule has 6 heteroatoms. The van der Waals surface area contributed by atoms with Crippen LogP contribution in [0.4, 0.5) is 15.6 Å². The lowest BCUT2D eigenvalue weighted by Crippen LogP contribution is -2.43. The predicted octanol–water partition coefficient (Wildman–Crippen LogP) is 6.89. The standard InChI is InChI=1S/C27H30N4OS/c1-17-13-18(2)24(19(3)14-17)28-16-20-11-12-22-23(15-20)33-26(29-22)30-25(32)31-27(4,5)21-9-7-6-8-10-21/h6-15,28H,16H2,1-5H3,(H2,29,30,31,32). The van der Waals surface area contributed by atoms with Crippen LogP contribution >= 0.6 is 11.3 Å². The minimum absolute atomic E-state index is 0.268. The molecule has 2 amide bonds. The van der Waals surface area contributed by atoms with Gasteiger partial charge in [-0.1, -0.05) is 65.4 Å². The van der Waals surface area contributed by atoms with E-state index in [2.05, 4.69) is 66.0 Å². The number of carbonyl (C=O) groups excluding carboxylic acids is 1. The lowest BCUT2D eigenvalue weighted by atomic mass is 9.95. The van der Waals surface area contributed by atoms with E-state index in [-0.39, 0.29) is 6.03 Å². The summed E-state index contributed by atoms with van der Waals surface area (Å²) in [6.07, 6.45) is 0. The second kappa shape index (κ2) is 9.24. The van der Waals surface area contributed by atoms with Crippen molar-refractivity contribution in [3.05, 3.63) is 88.5 Å². The number of nitrogens with one attached hydrogen (secondary N) is 3. The maximum Gasteiger partial charge on any atom is 0.321 e. The molecule has 3 N–H and O–H groups in total. The van der Waals surface area contributed by atoms with Crippen LogP contribution in [-0.4, -0.2) is 11.0 Å². The first-order chi connectivity index (χ1) is 15.7. The van der Waals surface area contributed by atoms with Gasteiger partial charge in [0.1, 0.15) is 0 Å². The lowest BCUT2D eigenvalue weighted by Gasteiger charge is -2.26. The highest BCUT2D eigenvalue weighted by Crippen LogP contribution is 2.28. The summed E-state index contributed by atoms with van der Waals surface area (Å²) in [5.41, 5.74) is 7.57. The second-order valence-corrected chi connectivity index (χ2v) is 10.0. The van der Waals surface area contributed by atoms with Gasteiger partial charge in [-0.2, -0.15) is 0 Å². The molecule has 0 aliphatic rings. The summed E-state index contributed by atoms with van der Waals surface area (Å²) >= 11 is 1.48. The van der Waals surface area contributed by atoms with Crippen LogP contribution in [0.15, 0.2) is 60.7 Å². The Hall–Kier alpha value is -3.38. The molecule has 170 valence electrons. The minimum Gasteiger partial charge on any atom is -0.381 e. The van der Waals surface area contributed by atoms with Crippen molar-refractivity contribution in [3.8, 4) is 0 Å². The molecular weight excluding hydrogens is 428 g/mol. The molecule has 33 heavy (non-hydrogen) atoms. The summed E-state index contributed by atoms with van der Waals surface area (Å²) in [7, 11) is 0. The van der Waals surface area contributed by atoms with Crippen LogP contribution in [0.25, 0.3) is 10.2 Å². The molecule has 4 rings (SSSR count). The van der Waals surface area contributed by atoms with Gasteiger partial charge < -0.3 is 10.6 Å². The third-order valence-electron chi connectivity index (χ3n) is 5.74. The SMILES string of the molecule is Cc1cc(C)c(NCc2ccc3nc(NC(=O)NC(C)(C)c4ccccc4)sc3c2)c(C)c1. The first-order valence-corrected chi connectivity index (χ1v) is 11.9. The van der Waals surface area contributed by atoms with E-state index in [4.69, 9.17) is 0 Å². The molecule has 0 saturated heterocycles. The van der Waals surface area contributed by atoms with Gasteiger partial charge in [0.25, 0.3) is 0 Å². The van der Waals surface area contributed by atoms with Crippen LogP contribution < -0.4 is 16.0 Å². The summed E-state index contributed by atoms with van der Waals surface area (Å²) in [6.45, 7) is 11.1. The number of anilines is 2. The lowest BCUT2D eigenvalue weighted by molar-refractivity contribution is 0.242. The number of hydrogen-bond donors (Lipinski definition) is 3. The van der Waals surface area contributed by atoms with Gasteiger partial charge in [-0.3, -0.25) is 5.32 Å². The number of amides is 2. The van der Waals surface area contributed by atoms with Crippen molar-refractivity contribution in [2.45, 2.75) is 46.7 Å². The van der Waals surface area contributed by atoms with E-state index in [9.17, 15) is 4.79 Å². The molecule has 5 nitrogen and oxygen atoms in total. The van der Waals surface area contributed by atoms with E-state index in [0.29, 0.717) is 5.13 Å². The summed E-state index contributed by atoms with van der Waals surface area (Å²) in [6, 6.07) is 20.3. The van der Waals surface area contributed by atoms with Gasteiger partial charge in [0.05, 0.1) is 15.8 Å². The number of rotatable bonds is 6. The van der Waals surface area contributed by atoms with Gasteiger partial charge in [0, 0.05) is 12.2 Å². The molecule has 0 spiro atoms. The zero-order chi connectivity index (χ0) is 23.6. The Morgan fingerprint density at radius 2 is 1.67 bits per heavy atom. The first kappa shape index (κ1) is 22.8. The number of thiazole rings is 1. The molecule has 0 aliphatic carbocycles. The largest absolute Gasteiger partial charge is 0.381 e. The molecule has 0 radical (unpaired) electrons. The summed E-state index contributed by atoms with van der Waals surface area (Å²) in [4.78, 5) is 17.2. The van der Waals surface area contributed by atoms with Crippen molar-refractivity contribution in [2.75, 3.05) is 10.6 Å². The van der Waals surface area contributed by atoms with Crippen LogP contribution in [0, 0.1) is 20.8 Å². The number of benzene rings is 3. The molecular formula is C27H30N4OS. The normalized spacial score (nSPS) is 11.4. The smallest absolute Gasteiger partial charge is 0.321 e. The summed E-state index contributed by atoms with van der Waals surface area (Å²) in [5.74, 6) is 0. The van der Waals surface area contributed by atoms with E-state index < -0.39 is 5.54 Å². The quantitative estimate of drug-likeness (QED) is 0.295. The predicted molar refractivity (Wildman–Crippen MR) is 139 cm³/mol. The minimum atomic E-state index is -0.493. The highest BCUT2D eigenvalue weighted by molar-refractivity contribution is 7.22. The molecule has 4 aromatic rings. The number of fused-ring (bicyclic) bond motifs is 1. The van der Waals surface area contributed by atoms with Crippen molar-refractivity contribution in [1.29, 1.82) is 0 Å². The number of carbonyl (C=O) groups is 1. The molecule has 0 atom stereocenters. The fourth-order valence-corrected chi connectivity index (χ4v) is 5.05. The van der Waals surface area contributed by atoms with E-state index in [1.54, 1.807) is 0 Å². The average Bonchev–Trinajstić information content (AvgIpc) is 3.14. The van der Waals surface area contributed by atoms with Crippen molar-refractivity contribution >= 4 is 38.4 Å². The fourth-order valence-electron chi connectivity index (χ4n) is 4.12.